The number of anilines is 1. The second kappa shape index (κ2) is 4.59. The predicted molar refractivity (Wildman–Crippen MR) is 59.8 cm³/mol. The summed E-state index contributed by atoms with van der Waals surface area (Å²) >= 11 is 0. The van der Waals surface area contributed by atoms with Crippen LogP contribution in [0.25, 0.3) is 0 Å². The first-order valence-electron chi connectivity index (χ1n) is 5.32. The molecule has 82 valence electrons. The molecule has 1 unspecified atom stereocenters. The van der Waals surface area contributed by atoms with E-state index < -0.39 is 0 Å². The van der Waals surface area contributed by atoms with Crippen molar-refractivity contribution in [1.29, 1.82) is 0 Å². The van der Waals surface area contributed by atoms with Crippen molar-refractivity contribution in [1.82, 2.24) is 10.3 Å². The number of hydrogen-bond acceptors (Lipinski definition) is 4. The van der Waals surface area contributed by atoms with Gasteiger partial charge in [-0.25, -0.2) is 4.98 Å². The average Bonchev–Trinajstić information content (AvgIpc) is 2.67. The molecular formula is C11H17N3O. The highest BCUT2D eigenvalue weighted by molar-refractivity contribution is 5.40. The van der Waals surface area contributed by atoms with E-state index >= 15 is 0 Å². The molecule has 1 aliphatic heterocycles. The third-order valence-electron chi connectivity index (χ3n) is 2.68. The summed E-state index contributed by atoms with van der Waals surface area (Å²) in [6.45, 7) is 2.45. The summed E-state index contributed by atoms with van der Waals surface area (Å²) in [5.74, 6) is 0.964. The monoisotopic (exact) mass is 207 g/mol. The number of aromatic nitrogens is 1. The Hall–Kier alpha value is -1.13. The van der Waals surface area contributed by atoms with Crippen LogP contribution in [0.2, 0.25) is 0 Å². The largest absolute Gasteiger partial charge is 0.391 e. The Morgan fingerprint density at radius 2 is 2.47 bits per heavy atom. The molecule has 2 heterocycles. The van der Waals surface area contributed by atoms with Gasteiger partial charge in [-0.05, 0) is 25.1 Å². The molecule has 1 aromatic rings. The van der Waals surface area contributed by atoms with Crippen LogP contribution in [0, 0.1) is 0 Å². The highest BCUT2D eigenvalue weighted by atomic mass is 16.3. The Kier molecular flexibility index (Phi) is 3.18. The fourth-order valence-electron chi connectivity index (χ4n) is 1.86. The quantitative estimate of drug-likeness (QED) is 0.752. The van der Waals surface area contributed by atoms with Gasteiger partial charge < -0.3 is 15.3 Å². The van der Waals surface area contributed by atoms with Gasteiger partial charge in [0, 0.05) is 25.8 Å². The first kappa shape index (κ1) is 10.4. The Morgan fingerprint density at radius 3 is 3.00 bits per heavy atom. The Bertz CT molecular complexity index is 312. The predicted octanol–water partition coefficient (Wildman–Crippen LogP) is 0.372. The summed E-state index contributed by atoms with van der Waals surface area (Å²) in [5.41, 5.74) is 1.18. The lowest BCUT2D eigenvalue weighted by molar-refractivity contribution is 0.198. The van der Waals surface area contributed by atoms with Gasteiger partial charge in [0.25, 0.3) is 0 Å². The van der Waals surface area contributed by atoms with Crippen LogP contribution in [0.3, 0.4) is 0 Å². The molecule has 4 nitrogen and oxygen atoms in total. The van der Waals surface area contributed by atoms with Crippen molar-refractivity contribution in [3.05, 3.63) is 23.9 Å². The molecule has 0 radical (unpaired) electrons. The van der Waals surface area contributed by atoms with Gasteiger partial charge in [-0.3, -0.25) is 0 Å². The molecule has 1 aromatic heterocycles. The van der Waals surface area contributed by atoms with Gasteiger partial charge in [-0.2, -0.15) is 0 Å². The van der Waals surface area contributed by atoms with Crippen LogP contribution < -0.4 is 10.2 Å². The number of hydrogen-bond donors (Lipinski definition) is 2. The van der Waals surface area contributed by atoms with Crippen molar-refractivity contribution in [2.24, 2.45) is 0 Å². The molecule has 15 heavy (non-hydrogen) atoms. The van der Waals surface area contributed by atoms with Gasteiger partial charge in [0.05, 0.1) is 6.10 Å². The van der Waals surface area contributed by atoms with Crippen molar-refractivity contribution in [2.45, 2.75) is 19.1 Å². The molecule has 0 aromatic carbocycles. The highest BCUT2D eigenvalue weighted by Crippen LogP contribution is 2.17. The normalized spacial score (nSPS) is 20.9. The van der Waals surface area contributed by atoms with Gasteiger partial charge in [-0.1, -0.05) is 6.07 Å². The minimum Gasteiger partial charge on any atom is -0.391 e. The Morgan fingerprint density at radius 1 is 1.60 bits per heavy atom. The van der Waals surface area contributed by atoms with Gasteiger partial charge >= 0.3 is 0 Å². The maximum atomic E-state index is 9.42. The number of pyridine rings is 1. The second-order valence-electron chi connectivity index (χ2n) is 3.94. The number of nitrogens with one attached hydrogen (secondary N) is 1. The summed E-state index contributed by atoms with van der Waals surface area (Å²) in [4.78, 5) is 6.51. The van der Waals surface area contributed by atoms with Crippen LogP contribution in [0.1, 0.15) is 12.0 Å². The maximum Gasteiger partial charge on any atom is 0.128 e. The molecule has 1 saturated heterocycles. The molecule has 0 aliphatic carbocycles. The SMILES string of the molecule is CNCc1ccc(N2CCC(O)C2)nc1. The van der Waals surface area contributed by atoms with Crippen molar-refractivity contribution in [3.8, 4) is 0 Å². The minimum atomic E-state index is -0.191. The zero-order chi connectivity index (χ0) is 10.7. The molecule has 0 saturated carbocycles. The molecule has 1 aliphatic rings. The maximum absolute atomic E-state index is 9.42. The highest BCUT2D eigenvalue weighted by Gasteiger charge is 2.20. The molecule has 4 heteroatoms. The molecule has 2 rings (SSSR count). The molecule has 2 N–H and O–H groups in total. The molecule has 1 fully saturated rings. The van der Waals surface area contributed by atoms with Gasteiger partial charge in [0.2, 0.25) is 0 Å². The Labute approximate surface area is 89.9 Å². The lowest BCUT2D eigenvalue weighted by Crippen LogP contribution is -2.22. The minimum absolute atomic E-state index is 0.191. The number of rotatable bonds is 3. The van der Waals surface area contributed by atoms with E-state index in [1.54, 1.807) is 0 Å². The lowest BCUT2D eigenvalue weighted by Gasteiger charge is -2.16. The van der Waals surface area contributed by atoms with E-state index in [1.807, 2.05) is 19.3 Å². The van der Waals surface area contributed by atoms with Gasteiger partial charge in [0.1, 0.15) is 5.82 Å². The zero-order valence-corrected chi connectivity index (χ0v) is 8.98. The topological polar surface area (TPSA) is 48.4 Å². The number of β-amino-alcohol motifs (C(OH)–C–C–N with tert-alkyl or cyclic N) is 1. The Balaban J connectivity index is 2.03. The standard InChI is InChI=1S/C11H17N3O/c1-12-6-9-2-3-11(13-7-9)14-5-4-10(15)8-14/h2-3,7,10,12,15H,4-6,8H2,1H3. The molecule has 0 amide bonds. The van der Waals surface area contributed by atoms with E-state index in [2.05, 4.69) is 21.3 Å². The third-order valence-corrected chi connectivity index (χ3v) is 2.68. The van der Waals surface area contributed by atoms with E-state index in [-0.39, 0.29) is 6.10 Å². The van der Waals surface area contributed by atoms with Crippen LogP contribution in [0.15, 0.2) is 18.3 Å². The van der Waals surface area contributed by atoms with Crippen molar-refractivity contribution in [2.75, 3.05) is 25.0 Å². The van der Waals surface area contributed by atoms with Crippen LogP contribution in [-0.4, -0.2) is 36.3 Å². The van der Waals surface area contributed by atoms with E-state index in [0.717, 1.165) is 25.3 Å². The number of nitrogens with zero attached hydrogens (tertiary/aromatic N) is 2. The van der Waals surface area contributed by atoms with Gasteiger partial charge in [0.15, 0.2) is 0 Å². The molecule has 1 atom stereocenters. The summed E-state index contributed by atoms with van der Waals surface area (Å²) in [6, 6.07) is 4.09. The third kappa shape index (κ3) is 2.46. The molecule has 0 bridgehead atoms. The first-order chi connectivity index (χ1) is 7.29. The van der Waals surface area contributed by atoms with E-state index in [9.17, 15) is 5.11 Å². The van der Waals surface area contributed by atoms with Crippen LogP contribution >= 0.6 is 0 Å². The summed E-state index contributed by atoms with van der Waals surface area (Å²) < 4.78 is 0. The summed E-state index contributed by atoms with van der Waals surface area (Å²) in [6.07, 6.45) is 2.54. The van der Waals surface area contributed by atoms with Crippen molar-refractivity contribution in [3.63, 3.8) is 0 Å². The van der Waals surface area contributed by atoms with Crippen LogP contribution in [0.4, 0.5) is 5.82 Å². The van der Waals surface area contributed by atoms with E-state index in [0.29, 0.717) is 6.54 Å². The average molecular weight is 207 g/mol. The first-order valence-corrected chi connectivity index (χ1v) is 5.32. The lowest BCUT2D eigenvalue weighted by atomic mass is 10.3. The molecule has 0 spiro atoms. The smallest absolute Gasteiger partial charge is 0.128 e. The summed E-state index contributed by atoms with van der Waals surface area (Å²) in [5, 5.41) is 12.5. The molecular weight excluding hydrogens is 190 g/mol. The fourth-order valence-corrected chi connectivity index (χ4v) is 1.86. The van der Waals surface area contributed by atoms with Crippen LogP contribution in [0.5, 0.6) is 0 Å². The second-order valence-corrected chi connectivity index (χ2v) is 3.94. The van der Waals surface area contributed by atoms with E-state index in [1.165, 1.54) is 5.56 Å². The number of aliphatic hydroxyl groups is 1. The fraction of sp³-hybridized carbons (Fsp3) is 0.545. The van der Waals surface area contributed by atoms with E-state index in [4.69, 9.17) is 0 Å². The van der Waals surface area contributed by atoms with Crippen molar-refractivity contribution >= 4 is 5.82 Å². The van der Waals surface area contributed by atoms with Crippen LogP contribution in [-0.2, 0) is 6.54 Å². The van der Waals surface area contributed by atoms with Gasteiger partial charge in [-0.15, -0.1) is 0 Å². The number of aliphatic hydroxyl groups excluding tert-OH is 1. The summed E-state index contributed by atoms with van der Waals surface area (Å²) in [7, 11) is 1.92. The van der Waals surface area contributed by atoms with Crippen molar-refractivity contribution < 1.29 is 5.11 Å². The zero-order valence-electron chi connectivity index (χ0n) is 8.98.